The van der Waals surface area contributed by atoms with Gasteiger partial charge in [0.05, 0.1) is 11.4 Å². The molecule has 18 heavy (non-hydrogen) atoms. The number of thiophene rings is 1. The van der Waals surface area contributed by atoms with Gasteiger partial charge in [0, 0.05) is 28.6 Å². The molecule has 0 saturated carbocycles. The molecule has 1 heterocycles. The van der Waals surface area contributed by atoms with Crippen LogP contribution < -0.4 is 10.5 Å². The number of benzene rings is 1. The van der Waals surface area contributed by atoms with Crippen molar-refractivity contribution in [2.24, 2.45) is 0 Å². The van der Waals surface area contributed by atoms with E-state index in [1.807, 2.05) is 6.07 Å². The Morgan fingerprint density at radius 1 is 1.39 bits per heavy atom. The number of Topliss-reactive ketones (excluding diaryl/α,β-unsaturated/α-hetero) is 1. The van der Waals surface area contributed by atoms with Crippen molar-refractivity contribution in [1.82, 2.24) is 0 Å². The van der Waals surface area contributed by atoms with Gasteiger partial charge in [-0.05, 0) is 24.3 Å². The number of ketones is 1. The predicted octanol–water partition coefficient (Wildman–Crippen LogP) is 3.42. The Kier molecular flexibility index (Phi) is 3.89. The second-order valence-electron chi connectivity index (χ2n) is 3.76. The Morgan fingerprint density at radius 3 is 2.72 bits per heavy atom. The monoisotopic (exact) mass is 281 g/mol. The molecule has 5 heteroatoms. The number of methoxy groups -OCH3 is 1. The van der Waals surface area contributed by atoms with Crippen LogP contribution in [0.1, 0.15) is 15.2 Å². The fourth-order valence-electron chi connectivity index (χ4n) is 1.62. The number of anilines is 1. The van der Waals surface area contributed by atoms with Gasteiger partial charge in [-0.2, -0.15) is 0 Å². The average molecular weight is 282 g/mol. The number of halogens is 1. The third-order valence-electron chi connectivity index (χ3n) is 2.52. The van der Waals surface area contributed by atoms with Gasteiger partial charge in [0.1, 0.15) is 5.75 Å². The van der Waals surface area contributed by atoms with Crippen LogP contribution in [0.3, 0.4) is 0 Å². The first kappa shape index (κ1) is 12.9. The van der Waals surface area contributed by atoms with Gasteiger partial charge in [-0.25, -0.2) is 0 Å². The van der Waals surface area contributed by atoms with Crippen LogP contribution in [-0.2, 0) is 6.42 Å². The van der Waals surface area contributed by atoms with Crippen LogP contribution >= 0.6 is 22.9 Å². The standard InChI is InChI=1S/C13H12ClNO2S/c1-17-8-2-4-10(11(15)6-8)12(16)7-9-3-5-13(14)18-9/h2-6H,7,15H2,1H3. The van der Waals surface area contributed by atoms with Crippen molar-refractivity contribution in [1.29, 1.82) is 0 Å². The Labute approximate surface area is 114 Å². The van der Waals surface area contributed by atoms with Gasteiger partial charge >= 0.3 is 0 Å². The smallest absolute Gasteiger partial charge is 0.170 e. The zero-order valence-corrected chi connectivity index (χ0v) is 11.3. The van der Waals surface area contributed by atoms with Crippen molar-refractivity contribution in [2.75, 3.05) is 12.8 Å². The lowest BCUT2D eigenvalue weighted by atomic mass is 10.1. The second kappa shape index (κ2) is 5.42. The van der Waals surface area contributed by atoms with Crippen LogP contribution in [0.5, 0.6) is 5.75 Å². The molecule has 1 aromatic carbocycles. The van der Waals surface area contributed by atoms with E-state index in [0.717, 1.165) is 4.88 Å². The van der Waals surface area contributed by atoms with E-state index in [1.54, 1.807) is 31.4 Å². The van der Waals surface area contributed by atoms with Crippen molar-refractivity contribution in [3.05, 3.63) is 45.1 Å². The van der Waals surface area contributed by atoms with E-state index in [-0.39, 0.29) is 5.78 Å². The summed E-state index contributed by atoms with van der Waals surface area (Å²) >= 11 is 7.23. The molecule has 0 fully saturated rings. The summed E-state index contributed by atoms with van der Waals surface area (Å²) in [6.45, 7) is 0. The highest BCUT2D eigenvalue weighted by molar-refractivity contribution is 7.16. The summed E-state index contributed by atoms with van der Waals surface area (Å²) in [5, 5.41) is 0. The van der Waals surface area contributed by atoms with E-state index in [4.69, 9.17) is 22.1 Å². The summed E-state index contributed by atoms with van der Waals surface area (Å²) in [5.41, 5.74) is 6.78. The quantitative estimate of drug-likeness (QED) is 0.690. The Bertz CT molecular complexity index is 580. The molecule has 0 aliphatic rings. The number of carbonyl (C=O) groups is 1. The molecule has 1 aromatic heterocycles. The molecule has 0 aliphatic heterocycles. The largest absolute Gasteiger partial charge is 0.497 e. The molecule has 0 unspecified atom stereocenters. The molecule has 0 spiro atoms. The minimum atomic E-state index is -0.0198. The molecule has 94 valence electrons. The maximum atomic E-state index is 12.1. The van der Waals surface area contributed by atoms with Crippen molar-refractivity contribution in [2.45, 2.75) is 6.42 Å². The highest BCUT2D eigenvalue weighted by atomic mass is 35.5. The SMILES string of the molecule is COc1ccc(C(=O)Cc2ccc(Cl)s2)c(N)c1. The lowest BCUT2D eigenvalue weighted by molar-refractivity contribution is 0.0994. The summed E-state index contributed by atoms with van der Waals surface area (Å²) in [6.07, 6.45) is 0.313. The molecule has 3 nitrogen and oxygen atoms in total. The van der Waals surface area contributed by atoms with Gasteiger partial charge in [-0.3, -0.25) is 4.79 Å². The zero-order chi connectivity index (χ0) is 13.1. The molecule has 0 bridgehead atoms. The average Bonchev–Trinajstić information content (AvgIpc) is 2.74. The number of nitrogens with two attached hydrogens (primary N) is 1. The van der Waals surface area contributed by atoms with E-state index >= 15 is 0 Å². The van der Waals surface area contributed by atoms with Crippen molar-refractivity contribution < 1.29 is 9.53 Å². The van der Waals surface area contributed by atoms with Crippen molar-refractivity contribution >= 4 is 34.4 Å². The van der Waals surface area contributed by atoms with E-state index in [2.05, 4.69) is 0 Å². The first-order valence-electron chi connectivity index (χ1n) is 5.31. The minimum absolute atomic E-state index is 0.0198. The second-order valence-corrected chi connectivity index (χ2v) is 5.56. The molecule has 0 radical (unpaired) electrons. The maximum Gasteiger partial charge on any atom is 0.170 e. The van der Waals surface area contributed by atoms with Gasteiger partial charge < -0.3 is 10.5 Å². The number of ether oxygens (including phenoxy) is 1. The number of hydrogen-bond donors (Lipinski definition) is 1. The van der Waals surface area contributed by atoms with Gasteiger partial charge in [0.2, 0.25) is 0 Å². The molecule has 0 aliphatic carbocycles. The molecule has 2 N–H and O–H groups in total. The number of nitrogen functional groups attached to an aromatic ring is 1. The topological polar surface area (TPSA) is 52.3 Å². The Hall–Kier alpha value is -1.52. The summed E-state index contributed by atoms with van der Waals surface area (Å²) in [6, 6.07) is 8.70. The first-order chi connectivity index (χ1) is 8.60. The molecular weight excluding hydrogens is 270 g/mol. The highest BCUT2D eigenvalue weighted by Gasteiger charge is 2.12. The van der Waals surface area contributed by atoms with Crippen LogP contribution in [0, 0.1) is 0 Å². The normalized spacial score (nSPS) is 10.3. The number of hydrogen-bond acceptors (Lipinski definition) is 4. The molecule has 0 amide bonds. The fraction of sp³-hybridized carbons (Fsp3) is 0.154. The molecule has 0 saturated heterocycles. The minimum Gasteiger partial charge on any atom is -0.497 e. The van der Waals surface area contributed by atoms with E-state index < -0.39 is 0 Å². The van der Waals surface area contributed by atoms with E-state index in [9.17, 15) is 4.79 Å². The molecule has 0 atom stereocenters. The number of carbonyl (C=O) groups excluding carboxylic acids is 1. The van der Waals surface area contributed by atoms with Crippen LogP contribution in [0.4, 0.5) is 5.69 Å². The summed E-state index contributed by atoms with van der Waals surface area (Å²) in [4.78, 5) is 13.0. The Morgan fingerprint density at radius 2 is 2.17 bits per heavy atom. The van der Waals surface area contributed by atoms with Gasteiger partial charge in [0.25, 0.3) is 0 Å². The van der Waals surface area contributed by atoms with Gasteiger partial charge in [-0.15, -0.1) is 11.3 Å². The van der Waals surface area contributed by atoms with Gasteiger partial charge in [0.15, 0.2) is 5.78 Å². The fourth-order valence-corrected chi connectivity index (χ4v) is 2.71. The molecule has 2 rings (SSSR count). The lowest BCUT2D eigenvalue weighted by Gasteiger charge is -2.06. The maximum absolute atomic E-state index is 12.1. The summed E-state index contributed by atoms with van der Waals surface area (Å²) in [5.74, 6) is 0.622. The number of rotatable bonds is 4. The molecular formula is C13H12ClNO2S. The zero-order valence-electron chi connectivity index (χ0n) is 9.77. The van der Waals surface area contributed by atoms with Crippen LogP contribution in [0.2, 0.25) is 4.34 Å². The first-order valence-corrected chi connectivity index (χ1v) is 6.50. The van der Waals surface area contributed by atoms with E-state index in [1.165, 1.54) is 11.3 Å². The van der Waals surface area contributed by atoms with Gasteiger partial charge in [-0.1, -0.05) is 11.6 Å². The van der Waals surface area contributed by atoms with Crippen molar-refractivity contribution in [3.8, 4) is 5.75 Å². The molecule has 2 aromatic rings. The van der Waals surface area contributed by atoms with Crippen molar-refractivity contribution in [3.63, 3.8) is 0 Å². The third kappa shape index (κ3) is 2.83. The summed E-state index contributed by atoms with van der Waals surface area (Å²) in [7, 11) is 1.56. The Balaban J connectivity index is 2.18. The third-order valence-corrected chi connectivity index (χ3v) is 3.75. The van der Waals surface area contributed by atoms with Crippen LogP contribution in [0.25, 0.3) is 0 Å². The van der Waals surface area contributed by atoms with Crippen LogP contribution in [0.15, 0.2) is 30.3 Å². The highest BCUT2D eigenvalue weighted by Crippen LogP contribution is 2.25. The summed E-state index contributed by atoms with van der Waals surface area (Å²) < 4.78 is 5.73. The predicted molar refractivity (Wildman–Crippen MR) is 74.8 cm³/mol. The lowest BCUT2D eigenvalue weighted by Crippen LogP contribution is -2.06. The van der Waals surface area contributed by atoms with Crippen LogP contribution in [-0.4, -0.2) is 12.9 Å². The van der Waals surface area contributed by atoms with E-state index in [0.29, 0.717) is 27.8 Å².